The second-order valence-electron chi connectivity index (χ2n) is 6.72. The van der Waals surface area contributed by atoms with Crippen molar-refractivity contribution in [3.63, 3.8) is 0 Å². The van der Waals surface area contributed by atoms with Gasteiger partial charge in [-0.3, -0.25) is 4.90 Å². The molecular formula is C20H27N3O5. The van der Waals surface area contributed by atoms with Crippen LogP contribution < -0.4 is 20.1 Å². The SMILES string of the molecule is CCOC(=O)C1=C(CN2CCCC2c2ccc(OC)cc2OC)NC(=O)NC1. The first-order valence-corrected chi connectivity index (χ1v) is 9.47. The number of amides is 2. The van der Waals surface area contributed by atoms with E-state index in [9.17, 15) is 9.59 Å². The van der Waals surface area contributed by atoms with Crippen molar-refractivity contribution in [3.05, 3.63) is 35.0 Å². The van der Waals surface area contributed by atoms with Gasteiger partial charge in [0.25, 0.3) is 0 Å². The third-order valence-electron chi connectivity index (χ3n) is 5.10. The van der Waals surface area contributed by atoms with Crippen molar-refractivity contribution in [2.24, 2.45) is 0 Å². The zero-order valence-electron chi connectivity index (χ0n) is 16.5. The van der Waals surface area contributed by atoms with Crippen LogP contribution in [0.25, 0.3) is 0 Å². The molecule has 0 radical (unpaired) electrons. The van der Waals surface area contributed by atoms with Gasteiger partial charge < -0.3 is 24.8 Å². The number of methoxy groups -OCH3 is 2. The van der Waals surface area contributed by atoms with Gasteiger partial charge >= 0.3 is 12.0 Å². The van der Waals surface area contributed by atoms with Gasteiger partial charge in [0.05, 0.1) is 32.9 Å². The minimum atomic E-state index is -0.400. The number of rotatable bonds is 7. The van der Waals surface area contributed by atoms with E-state index in [1.54, 1.807) is 21.1 Å². The molecule has 8 heteroatoms. The van der Waals surface area contributed by atoms with Gasteiger partial charge in [0, 0.05) is 29.9 Å². The summed E-state index contributed by atoms with van der Waals surface area (Å²) in [4.78, 5) is 26.4. The van der Waals surface area contributed by atoms with Crippen LogP contribution in [0.15, 0.2) is 29.5 Å². The molecule has 8 nitrogen and oxygen atoms in total. The molecule has 3 rings (SSSR count). The van der Waals surface area contributed by atoms with Crippen LogP contribution >= 0.6 is 0 Å². The molecule has 2 amide bonds. The molecular weight excluding hydrogens is 362 g/mol. The van der Waals surface area contributed by atoms with Gasteiger partial charge in [-0.1, -0.05) is 6.07 Å². The molecule has 2 aliphatic heterocycles. The number of hydrogen-bond acceptors (Lipinski definition) is 6. The number of nitrogens with zero attached hydrogens (tertiary/aromatic N) is 1. The minimum absolute atomic E-state index is 0.128. The number of esters is 1. The first-order chi connectivity index (χ1) is 13.6. The maximum Gasteiger partial charge on any atom is 0.337 e. The van der Waals surface area contributed by atoms with Crippen molar-refractivity contribution in [2.45, 2.75) is 25.8 Å². The van der Waals surface area contributed by atoms with E-state index in [1.165, 1.54) is 0 Å². The third kappa shape index (κ3) is 4.22. The number of nitrogens with one attached hydrogen (secondary N) is 2. The monoisotopic (exact) mass is 389 g/mol. The summed E-state index contributed by atoms with van der Waals surface area (Å²) >= 11 is 0. The summed E-state index contributed by atoms with van der Waals surface area (Å²) in [6, 6.07) is 5.64. The van der Waals surface area contributed by atoms with Crippen LogP contribution in [0.2, 0.25) is 0 Å². The molecule has 0 bridgehead atoms. The van der Waals surface area contributed by atoms with E-state index in [0.717, 1.165) is 36.4 Å². The van der Waals surface area contributed by atoms with E-state index in [-0.39, 0.29) is 18.6 Å². The van der Waals surface area contributed by atoms with Crippen LogP contribution in [-0.2, 0) is 9.53 Å². The van der Waals surface area contributed by atoms with Crippen LogP contribution in [-0.4, -0.2) is 57.4 Å². The van der Waals surface area contributed by atoms with Crippen LogP contribution in [0, 0.1) is 0 Å². The fourth-order valence-corrected chi connectivity index (χ4v) is 3.74. The number of benzene rings is 1. The zero-order valence-corrected chi connectivity index (χ0v) is 16.5. The van der Waals surface area contributed by atoms with Gasteiger partial charge in [0.1, 0.15) is 11.5 Å². The molecule has 1 aromatic carbocycles. The Bertz CT molecular complexity index is 777. The Labute approximate surface area is 164 Å². The van der Waals surface area contributed by atoms with Crippen molar-refractivity contribution < 1.29 is 23.8 Å². The van der Waals surface area contributed by atoms with Gasteiger partial charge in [0.2, 0.25) is 0 Å². The molecule has 2 aliphatic rings. The highest BCUT2D eigenvalue weighted by Gasteiger charge is 2.32. The van der Waals surface area contributed by atoms with Crippen LogP contribution in [0.1, 0.15) is 31.4 Å². The zero-order chi connectivity index (χ0) is 20.1. The van der Waals surface area contributed by atoms with E-state index < -0.39 is 5.97 Å². The average Bonchev–Trinajstić information content (AvgIpc) is 3.15. The molecule has 0 saturated carbocycles. The lowest BCUT2D eigenvalue weighted by atomic mass is 10.0. The summed E-state index contributed by atoms with van der Waals surface area (Å²) in [5.41, 5.74) is 2.13. The molecule has 1 saturated heterocycles. The van der Waals surface area contributed by atoms with E-state index in [1.807, 2.05) is 18.2 Å². The van der Waals surface area contributed by atoms with Crippen LogP contribution in [0.3, 0.4) is 0 Å². The second-order valence-corrected chi connectivity index (χ2v) is 6.72. The summed E-state index contributed by atoms with van der Waals surface area (Å²) in [6.07, 6.45) is 1.99. The Kier molecular flexibility index (Phi) is 6.41. The predicted octanol–water partition coefficient (Wildman–Crippen LogP) is 1.97. The Morgan fingerprint density at radius 2 is 2.11 bits per heavy atom. The molecule has 1 unspecified atom stereocenters. The van der Waals surface area contributed by atoms with Gasteiger partial charge in [-0.15, -0.1) is 0 Å². The van der Waals surface area contributed by atoms with E-state index in [2.05, 4.69) is 15.5 Å². The molecule has 1 fully saturated rings. The highest BCUT2D eigenvalue weighted by molar-refractivity contribution is 5.93. The fourth-order valence-electron chi connectivity index (χ4n) is 3.74. The molecule has 0 spiro atoms. The topological polar surface area (TPSA) is 89.1 Å². The summed E-state index contributed by atoms with van der Waals surface area (Å²) in [5, 5.41) is 5.43. The molecule has 0 aromatic heterocycles. The second kappa shape index (κ2) is 8.97. The molecule has 1 atom stereocenters. The summed E-state index contributed by atoms with van der Waals surface area (Å²) < 4.78 is 16.0. The quantitative estimate of drug-likeness (QED) is 0.693. The van der Waals surface area contributed by atoms with Crippen molar-refractivity contribution in [2.75, 3.05) is 40.5 Å². The summed E-state index contributed by atoms with van der Waals surface area (Å²) in [5.74, 6) is 1.11. The molecule has 28 heavy (non-hydrogen) atoms. The molecule has 0 aliphatic carbocycles. The van der Waals surface area contributed by atoms with Gasteiger partial charge in [-0.05, 0) is 32.4 Å². The Balaban J connectivity index is 1.86. The van der Waals surface area contributed by atoms with Crippen molar-refractivity contribution in [1.29, 1.82) is 0 Å². The maximum absolute atomic E-state index is 12.3. The first kappa shape index (κ1) is 20.0. The predicted molar refractivity (Wildman–Crippen MR) is 103 cm³/mol. The number of hydrogen-bond donors (Lipinski definition) is 2. The summed E-state index contributed by atoms with van der Waals surface area (Å²) in [7, 11) is 3.27. The van der Waals surface area contributed by atoms with E-state index in [4.69, 9.17) is 14.2 Å². The molecule has 1 aromatic rings. The molecule has 2 heterocycles. The van der Waals surface area contributed by atoms with Crippen LogP contribution in [0.4, 0.5) is 4.79 Å². The maximum atomic E-state index is 12.3. The lowest BCUT2D eigenvalue weighted by molar-refractivity contribution is -0.138. The van der Waals surface area contributed by atoms with Gasteiger partial charge in [-0.2, -0.15) is 0 Å². The van der Waals surface area contributed by atoms with E-state index >= 15 is 0 Å². The van der Waals surface area contributed by atoms with Crippen molar-refractivity contribution in [3.8, 4) is 11.5 Å². The highest BCUT2D eigenvalue weighted by Crippen LogP contribution is 2.39. The Hall–Kier alpha value is -2.74. The first-order valence-electron chi connectivity index (χ1n) is 9.47. The third-order valence-corrected chi connectivity index (χ3v) is 5.10. The smallest absolute Gasteiger partial charge is 0.337 e. The Morgan fingerprint density at radius 3 is 2.82 bits per heavy atom. The minimum Gasteiger partial charge on any atom is -0.497 e. The number of ether oxygens (including phenoxy) is 3. The number of carbonyl (C=O) groups is 2. The van der Waals surface area contributed by atoms with Gasteiger partial charge in [0.15, 0.2) is 0 Å². The molecule has 152 valence electrons. The Morgan fingerprint density at radius 1 is 1.29 bits per heavy atom. The average molecular weight is 389 g/mol. The van der Waals surface area contributed by atoms with Crippen LogP contribution in [0.5, 0.6) is 11.5 Å². The number of urea groups is 1. The largest absolute Gasteiger partial charge is 0.497 e. The summed E-state index contributed by atoms with van der Waals surface area (Å²) in [6.45, 7) is 3.55. The number of carbonyl (C=O) groups excluding carboxylic acids is 2. The van der Waals surface area contributed by atoms with Crippen molar-refractivity contribution in [1.82, 2.24) is 15.5 Å². The lowest BCUT2D eigenvalue weighted by Crippen LogP contribution is -2.46. The standard InChI is InChI=1S/C20H27N3O5/c1-4-28-19(24)15-11-21-20(25)22-16(15)12-23-9-5-6-17(23)14-8-7-13(26-2)10-18(14)27-3/h7-8,10,17H,4-6,9,11-12H2,1-3H3,(H2,21,22,25). The van der Waals surface area contributed by atoms with Crippen molar-refractivity contribution >= 4 is 12.0 Å². The highest BCUT2D eigenvalue weighted by atomic mass is 16.5. The normalized spacial score (nSPS) is 19.8. The van der Waals surface area contributed by atoms with Gasteiger partial charge in [-0.25, -0.2) is 9.59 Å². The molecule has 2 N–H and O–H groups in total. The lowest BCUT2D eigenvalue weighted by Gasteiger charge is -2.30. The fraction of sp³-hybridized carbons (Fsp3) is 0.500. The number of likely N-dealkylation sites (tertiary alicyclic amines) is 1. The van der Waals surface area contributed by atoms with E-state index in [0.29, 0.717) is 24.4 Å².